The summed E-state index contributed by atoms with van der Waals surface area (Å²) in [6.45, 7) is 4.51. The summed E-state index contributed by atoms with van der Waals surface area (Å²) in [4.78, 5) is 0.838. The molecule has 0 aliphatic heterocycles. The first kappa shape index (κ1) is 16.1. The molecule has 0 saturated carbocycles. The number of hydrogen-bond acceptors (Lipinski definition) is 4. The first-order chi connectivity index (χ1) is 8.36. The average Bonchev–Trinajstić information content (AvgIpc) is 2.66. The minimum Gasteiger partial charge on any atom is -0.391 e. The van der Waals surface area contributed by atoms with Crippen molar-refractivity contribution in [1.29, 1.82) is 0 Å². The van der Waals surface area contributed by atoms with E-state index >= 15 is 0 Å². The van der Waals surface area contributed by atoms with Crippen molar-refractivity contribution in [3.8, 4) is 0 Å². The lowest BCUT2D eigenvalue weighted by atomic mass is 10.1. The van der Waals surface area contributed by atoms with Crippen LogP contribution in [0.5, 0.6) is 0 Å². The Hall–Kier alpha value is 0.0500. The molecule has 4 nitrogen and oxygen atoms in total. The topological polar surface area (TPSA) is 66.4 Å². The third-order valence-corrected chi connectivity index (χ3v) is 6.10. The minimum atomic E-state index is -3.48. The van der Waals surface area contributed by atoms with Crippen LogP contribution in [0.4, 0.5) is 0 Å². The molecule has 0 unspecified atom stereocenters. The van der Waals surface area contributed by atoms with E-state index in [1.54, 1.807) is 0 Å². The second kappa shape index (κ2) is 7.00. The molecule has 0 bridgehead atoms. The number of aliphatic hydroxyl groups is 1. The number of nitrogens with one attached hydrogen (secondary N) is 1. The zero-order valence-corrected chi connectivity index (χ0v) is 13.7. The Bertz CT molecular complexity index is 482. The zero-order chi connectivity index (χ0) is 13.8. The summed E-state index contributed by atoms with van der Waals surface area (Å²) in [6.07, 6.45) is 1.82. The van der Waals surface area contributed by atoms with Gasteiger partial charge in [-0.1, -0.05) is 13.8 Å². The monoisotopic (exact) mass is 355 g/mol. The average molecular weight is 356 g/mol. The van der Waals surface area contributed by atoms with E-state index in [9.17, 15) is 8.42 Å². The molecule has 104 valence electrons. The molecule has 0 radical (unpaired) electrons. The molecule has 2 N–H and O–H groups in total. The first-order valence-corrected chi connectivity index (χ1v) is 8.85. The van der Waals surface area contributed by atoms with E-state index in [1.165, 1.54) is 17.4 Å². The highest BCUT2D eigenvalue weighted by Gasteiger charge is 2.20. The molecule has 0 aliphatic rings. The smallest absolute Gasteiger partial charge is 0.242 e. The quantitative estimate of drug-likeness (QED) is 0.739. The van der Waals surface area contributed by atoms with Crippen molar-refractivity contribution in [2.75, 3.05) is 6.54 Å². The van der Waals surface area contributed by atoms with Crippen LogP contribution < -0.4 is 4.72 Å². The van der Waals surface area contributed by atoms with Crippen LogP contribution >= 0.6 is 27.3 Å². The van der Waals surface area contributed by atoms with Gasteiger partial charge in [-0.3, -0.25) is 0 Å². The van der Waals surface area contributed by atoms with Crippen LogP contribution in [0.25, 0.3) is 0 Å². The lowest BCUT2D eigenvalue weighted by Crippen LogP contribution is -2.24. The van der Waals surface area contributed by atoms with Crippen LogP contribution in [0.15, 0.2) is 14.7 Å². The normalized spacial score (nSPS) is 12.3. The van der Waals surface area contributed by atoms with E-state index in [1.807, 2.05) is 0 Å². The van der Waals surface area contributed by atoms with Crippen LogP contribution in [0.2, 0.25) is 0 Å². The van der Waals surface area contributed by atoms with E-state index < -0.39 is 10.0 Å². The molecular weight excluding hydrogens is 338 g/mol. The van der Waals surface area contributed by atoms with Gasteiger partial charge in [-0.2, -0.15) is 0 Å². The van der Waals surface area contributed by atoms with Crippen molar-refractivity contribution in [3.05, 3.63) is 14.7 Å². The highest BCUT2D eigenvalue weighted by molar-refractivity contribution is 9.11. The van der Waals surface area contributed by atoms with Crippen LogP contribution in [-0.2, 0) is 16.6 Å². The van der Waals surface area contributed by atoms with E-state index in [4.69, 9.17) is 5.11 Å². The third kappa shape index (κ3) is 4.62. The van der Waals surface area contributed by atoms with E-state index in [2.05, 4.69) is 34.5 Å². The predicted octanol–water partition coefficient (Wildman–Crippen LogP) is 2.72. The Labute approximate surface area is 121 Å². The fourth-order valence-electron chi connectivity index (χ4n) is 1.45. The van der Waals surface area contributed by atoms with Crippen molar-refractivity contribution >= 4 is 37.3 Å². The Morgan fingerprint density at radius 3 is 2.67 bits per heavy atom. The lowest BCUT2D eigenvalue weighted by molar-refractivity contribution is 0.285. The molecular formula is C11H18BrNO3S2. The molecule has 18 heavy (non-hydrogen) atoms. The number of thiophene rings is 1. The summed E-state index contributed by atoms with van der Waals surface area (Å²) in [5, 5.41) is 8.99. The third-order valence-electron chi connectivity index (χ3n) is 2.40. The van der Waals surface area contributed by atoms with Gasteiger partial charge in [0.2, 0.25) is 10.0 Å². The SMILES string of the molecule is CC(C)CCCNS(=O)(=O)c1cc(CO)sc1Br. The van der Waals surface area contributed by atoms with Gasteiger partial charge in [0.05, 0.1) is 10.4 Å². The molecule has 0 fully saturated rings. The fraction of sp³-hybridized carbons (Fsp3) is 0.636. The van der Waals surface area contributed by atoms with Crippen LogP contribution in [0, 0.1) is 5.92 Å². The largest absolute Gasteiger partial charge is 0.391 e. The Morgan fingerprint density at radius 2 is 2.17 bits per heavy atom. The van der Waals surface area contributed by atoms with Crippen molar-refractivity contribution in [2.24, 2.45) is 5.92 Å². The predicted molar refractivity (Wildman–Crippen MR) is 77.2 cm³/mol. The molecule has 1 rings (SSSR count). The number of sulfonamides is 1. The van der Waals surface area contributed by atoms with Crippen LogP contribution in [-0.4, -0.2) is 20.1 Å². The highest BCUT2D eigenvalue weighted by atomic mass is 79.9. The Balaban J connectivity index is 2.65. The van der Waals surface area contributed by atoms with Gasteiger partial charge in [-0.05, 0) is 40.8 Å². The second-order valence-corrected chi connectivity index (χ2v) is 8.63. The van der Waals surface area contributed by atoms with Crippen molar-refractivity contribution in [2.45, 2.75) is 38.2 Å². The molecule has 0 aliphatic carbocycles. The lowest BCUT2D eigenvalue weighted by Gasteiger charge is -2.07. The summed E-state index contributed by atoms with van der Waals surface area (Å²) in [5.74, 6) is 0.573. The van der Waals surface area contributed by atoms with Gasteiger partial charge >= 0.3 is 0 Å². The van der Waals surface area contributed by atoms with Crippen molar-refractivity contribution < 1.29 is 13.5 Å². The van der Waals surface area contributed by atoms with Crippen LogP contribution in [0.3, 0.4) is 0 Å². The summed E-state index contributed by atoms with van der Waals surface area (Å²) in [5.41, 5.74) is 0. The van der Waals surface area contributed by atoms with Gasteiger partial charge in [0, 0.05) is 11.4 Å². The van der Waals surface area contributed by atoms with E-state index in [0.29, 0.717) is 21.1 Å². The van der Waals surface area contributed by atoms with E-state index in [-0.39, 0.29) is 11.5 Å². The number of aliphatic hydroxyl groups excluding tert-OH is 1. The maximum Gasteiger partial charge on any atom is 0.242 e. The van der Waals surface area contributed by atoms with Gasteiger partial charge in [0.25, 0.3) is 0 Å². The molecule has 1 aromatic heterocycles. The van der Waals surface area contributed by atoms with Gasteiger partial charge in [-0.15, -0.1) is 11.3 Å². The number of rotatable bonds is 7. The van der Waals surface area contributed by atoms with Gasteiger partial charge in [-0.25, -0.2) is 13.1 Å². The molecule has 0 atom stereocenters. The first-order valence-electron chi connectivity index (χ1n) is 5.75. The zero-order valence-electron chi connectivity index (χ0n) is 10.4. The molecule has 0 amide bonds. The second-order valence-electron chi connectivity index (χ2n) is 4.44. The molecule has 0 saturated heterocycles. The fourth-order valence-corrected chi connectivity index (χ4v) is 5.07. The molecule has 1 aromatic rings. The van der Waals surface area contributed by atoms with Gasteiger partial charge in [0.15, 0.2) is 0 Å². The number of hydrogen-bond donors (Lipinski definition) is 2. The van der Waals surface area contributed by atoms with Crippen LogP contribution in [0.1, 0.15) is 31.6 Å². The Kier molecular flexibility index (Phi) is 6.26. The highest BCUT2D eigenvalue weighted by Crippen LogP contribution is 2.31. The molecule has 0 aromatic carbocycles. The minimum absolute atomic E-state index is 0.147. The van der Waals surface area contributed by atoms with Gasteiger partial charge in [0.1, 0.15) is 4.90 Å². The molecule has 1 heterocycles. The molecule has 7 heteroatoms. The summed E-state index contributed by atoms with van der Waals surface area (Å²) in [7, 11) is -3.48. The Morgan fingerprint density at radius 1 is 1.50 bits per heavy atom. The van der Waals surface area contributed by atoms with Gasteiger partial charge < -0.3 is 5.11 Å². The van der Waals surface area contributed by atoms with Crippen molar-refractivity contribution in [3.63, 3.8) is 0 Å². The summed E-state index contributed by atoms with van der Waals surface area (Å²) >= 11 is 4.45. The maximum atomic E-state index is 12.0. The standard InChI is InChI=1S/C11H18BrNO3S2/c1-8(2)4-3-5-13-18(15,16)10-6-9(7-14)17-11(10)12/h6,8,13-14H,3-5,7H2,1-2H3. The summed E-state index contributed by atoms with van der Waals surface area (Å²) in [6, 6.07) is 1.50. The number of halogens is 1. The van der Waals surface area contributed by atoms with Crippen molar-refractivity contribution in [1.82, 2.24) is 4.72 Å². The van der Waals surface area contributed by atoms with E-state index in [0.717, 1.165) is 12.8 Å². The molecule has 0 spiro atoms. The summed E-state index contributed by atoms with van der Waals surface area (Å²) < 4.78 is 27.1. The maximum absolute atomic E-state index is 12.0.